The van der Waals surface area contributed by atoms with Crippen LogP contribution in [0.1, 0.15) is 31.9 Å². The molecule has 0 fully saturated rings. The SMILES string of the molecule is CCCNC(C)c1ccc(Oc2ccc(Cl)cc2)c(Br)c1. The molecule has 1 unspecified atom stereocenters. The summed E-state index contributed by atoms with van der Waals surface area (Å²) in [6.45, 7) is 5.34. The molecule has 0 radical (unpaired) electrons. The molecule has 0 aromatic heterocycles. The maximum atomic E-state index is 5.87. The topological polar surface area (TPSA) is 21.3 Å². The summed E-state index contributed by atoms with van der Waals surface area (Å²) in [5, 5.41) is 4.18. The van der Waals surface area contributed by atoms with Crippen molar-refractivity contribution >= 4 is 27.5 Å². The van der Waals surface area contributed by atoms with Crippen LogP contribution in [0.15, 0.2) is 46.9 Å². The van der Waals surface area contributed by atoms with Crippen LogP contribution in [0.5, 0.6) is 11.5 Å². The van der Waals surface area contributed by atoms with E-state index in [1.165, 1.54) is 5.56 Å². The Morgan fingerprint density at radius 3 is 2.52 bits per heavy atom. The molecule has 1 N–H and O–H groups in total. The Labute approximate surface area is 139 Å². The van der Waals surface area contributed by atoms with Crippen molar-refractivity contribution in [3.8, 4) is 11.5 Å². The van der Waals surface area contributed by atoms with Crippen LogP contribution in [0.2, 0.25) is 5.02 Å². The second kappa shape index (κ2) is 7.83. The van der Waals surface area contributed by atoms with Crippen LogP contribution in [0.25, 0.3) is 0 Å². The van der Waals surface area contributed by atoms with Gasteiger partial charge in [-0.05, 0) is 77.8 Å². The molecular formula is C17H19BrClNO. The Balaban J connectivity index is 2.10. The standard InChI is InChI=1S/C17H19BrClNO/c1-3-10-20-12(2)13-4-9-17(16(18)11-13)21-15-7-5-14(19)6-8-15/h4-9,11-12,20H,3,10H2,1-2H3. The fourth-order valence-electron chi connectivity index (χ4n) is 1.98. The summed E-state index contributed by atoms with van der Waals surface area (Å²) >= 11 is 9.45. The Morgan fingerprint density at radius 1 is 1.19 bits per heavy atom. The Bertz CT molecular complexity index is 586. The molecule has 21 heavy (non-hydrogen) atoms. The first-order chi connectivity index (χ1) is 10.1. The van der Waals surface area contributed by atoms with Gasteiger partial charge >= 0.3 is 0 Å². The van der Waals surface area contributed by atoms with E-state index >= 15 is 0 Å². The summed E-state index contributed by atoms with van der Waals surface area (Å²) in [6, 6.07) is 13.8. The van der Waals surface area contributed by atoms with Gasteiger partial charge in [-0.15, -0.1) is 0 Å². The lowest BCUT2D eigenvalue weighted by atomic mass is 10.1. The first kappa shape index (κ1) is 16.3. The van der Waals surface area contributed by atoms with E-state index in [9.17, 15) is 0 Å². The van der Waals surface area contributed by atoms with E-state index < -0.39 is 0 Å². The second-order valence-electron chi connectivity index (χ2n) is 4.92. The van der Waals surface area contributed by atoms with Gasteiger partial charge in [0.2, 0.25) is 0 Å². The Hall–Kier alpha value is -1.03. The van der Waals surface area contributed by atoms with Gasteiger partial charge in [0.1, 0.15) is 11.5 Å². The quantitative estimate of drug-likeness (QED) is 0.679. The van der Waals surface area contributed by atoms with Gasteiger partial charge in [0.25, 0.3) is 0 Å². The van der Waals surface area contributed by atoms with E-state index in [2.05, 4.69) is 47.2 Å². The van der Waals surface area contributed by atoms with Crippen LogP contribution in [0.4, 0.5) is 0 Å². The van der Waals surface area contributed by atoms with Crippen molar-refractivity contribution < 1.29 is 4.74 Å². The normalized spacial score (nSPS) is 12.2. The lowest BCUT2D eigenvalue weighted by molar-refractivity contribution is 0.478. The highest BCUT2D eigenvalue weighted by atomic mass is 79.9. The zero-order chi connectivity index (χ0) is 15.2. The minimum atomic E-state index is 0.325. The first-order valence-electron chi connectivity index (χ1n) is 7.06. The molecule has 2 nitrogen and oxygen atoms in total. The molecule has 0 heterocycles. The molecular weight excluding hydrogens is 350 g/mol. The number of halogens is 2. The molecule has 0 bridgehead atoms. The van der Waals surface area contributed by atoms with Crippen LogP contribution >= 0.6 is 27.5 Å². The third kappa shape index (κ3) is 4.73. The molecule has 0 saturated heterocycles. The van der Waals surface area contributed by atoms with Gasteiger partial charge in [0.15, 0.2) is 0 Å². The fraction of sp³-hybridized carbons (Fsp3) is 0.294. The predicted octanol–water partition coefficient (Wildman–Crippen LogP) is 5.96. The molecule has 0 spiro atoms. The number of hydrogen-bond donors (Lipinski definition) is 1. The van der Waals surface area contributed by atoms with Gasteiger partial charge in [-0.2, -0.15) is 0 Å². The lowest BCUT2D eigenvalue weighted by Gasteiger charge is -2.15. The third-order valence-electron chi connectivity index (χ3n) is 3.20. The molecule has 0 aliphatic heterocycles. The highest BCUT2D eigenvalue weighted by Gasteiger charge is 2.09. The van der Waals surface area contributed by atoms with E-state index in [1.807, 2.05) is 30.3 Å². The molecule has 1 atom stereocenters. The number of nitrogens with one attached hydrogen (secondary N) is 1. The van der Waals surface area contributed by atoms with Crippen LogP contribution in [0, 0.1) is 0 Å². The zero-order valence-electron chi connectivity index (χ0n) is 12.2. The predicted molar refractivity (Wildman–Crippen MR) is 92.4 cm³/mol. The highest BCUT2D eigenvalue weighted by molar-refractivity contribution is 9.10. The minimum Gasteiger partial charge on any atom is -0.456 e. The molecule has 2 aromatic carbocycles. The highest BCUT2D eigenvalue weighted by Crippen LogP contribution is 2.32. The van der Waals surface area contributed by atoms with Crippen molar-refractivity contribution in [3.63, 3.8) is 0 Å². The zero-order valence-corrected chi connectivity index (χ0v) is 14.5. The van der Waals surface area contributed by atoms with Crippen molar-refractivity contribution in [1.82, 2.24) is 5.32 Å². The molecule has 0 amide bonds. The van der Waals surface area contributed by atoms with Gasteiger partial charge in [-0.25, -0.2) is 0 Å². The number of benzene rings is 2. The fourth-order valence-corrected chi connectivity index (χ4v) is 2.58. The van der Waals surface area contributed by atoms with Gasteiger partial charge in [-0.3, -0.25) is 0 Å². The lowest BCUT2D eigenvalue weighted by Crippen LogP contribution is -2.19. The molecule has 0 aliphatic rings. The Morgan fingerprint density at radius 2 is 1.90 bits per heavy atom. The van der Waals surface area contributed by atoms with Crippen LogP contribution < -0.4 is 10.1 Å². The largest absolute Gasteiger partial charge is 0.456 e. The average Bonchev–Trinajstić information content (AvgIpc) is 2.49. The van der Waals surface area contributed by atoms with E-state index in [4.69, 9.17) is 16.3 Å². The first-order valence-corrected chi connectivity index (χ1v) is 8.23. The number of rotatable bonds is 6. The van der Waals surface area contributed by atoms with Crippen molar-refractivity contribution in [3.05, 3.63) is 57.5 Å². The van der Waals surface area contributed by atoms with Crippen LogP contribution in [0.3, 0.4) is 0 Å². The molecule has 4 heteroatoms. The Kier molecular flexibility index (Phi) is 6.09. The third-order valence-corrected chi connectivity index (χ3v) is 4.07. The van der Waals surface area contributed by atoms with Crippen LogP contribution in [-0.2, 0) is 0 Å². The second-order valence-corrected chi connectivity index (χ2v) is 6.21. The molecule has 112 valence electrons. The average molecular weight is 369 g/mol. The van der Waals surface area contributed by atoms with E-state index in [0.29, 0.717) is 11.1 Å². The van der Waals surface area contributed by atoms with E-state index in [0.717, 1.165) is 28.9 Å². The summed E-state index contributed by atoms with van der Waals surface area (Å²) < 4.78 is 6.80. The summed E-state index contributed by atoms with van der Waals surface area (Å²) in [6.07, 6.45) is 1.13. The maximum absolute atomic E-state index is 5.87. The van der Waals surface area contributed by atoms with Gasteiger partial charge in [-0.1, -0.05) is 24.6 Å². The maximum Gasteiger partial charge on any atom is 0.141 e. The van der Waals surface area contributed by atoms with Gasteiger partial charge < -0.3 is 10.1 Å². The van der Waals surface area contributed by atoms with Crippen molar-refractivity contribution in [2.45, 2.75) is 26.3 Å². The number of ether oxygens (including phenoxy) is 1. The van der Waals surface area contributed by atoms with E-state index in [-0.39, 0.29) is 0 Å². The van der Waals surface area contributed by atoms with Gasteiger partial charge in [0.05, 0.1) is 4.47 Å². The molecule has 0 saturated carbocycles. The monoisotopic (exact) mass is 367 g/mol. The summed E-state index contributed by atoms with van der Waals surface area (Å²) in [5.41, 5.74) is 1.23. The molecule has 0 aliphatic carbocycles. The van der Waals surface area contributed by atoms with Crippen LogP contribution in [-0.4, -0.2) is 6.54 Å². The number of hydrogen-bond acceptors (Lipinski definition) is 2. The summed E-state index contributed by atoms with van der Waals surface area (Å²) in [7, 11) is 0. The molecule has 2 rings (SSSR count). The summed E-state index contributed by atoms with van der Waals surface area (Å²) in [4.78, 5) is 0. The minimum absolute atomic E-state index is 0.325. The van der Waals surface area contributed by atoms with Crippen molar-refractivity contribution in [2.75, 3.05) is 6.54 Å². The van der Waals surface area contributed by atoms with Gasteiger partial charge in [0, 0.05) is 11.1 Å². The smallest absolute Gasteiger partial charge is 0.141 e. The van der Waals surface area contributed by atoms with Crippen molar-refractivity contribution in [1.29, 1.82) is 0 Å². The molecule has 2 aromatic rings. The summed E-state index contributed by atoms with van der Waals surface area (Å²) in [5.74, 6) is 1.56. The van der Waals surface area contributed by atoms with E-state index in [1.54, 1.807) is 0 Å². The van der Waals surface area contributed by atoms with Crippen molar-refractivity contribution in [2.24, 2.45) is 0 Å².